The highest BCUT2D eigenvalue weighted by Gasteiger charge is 2.25. The van der Waals surface area contributed by atoms with Gasteiger partial charge in [0.25, 0.3) is 11.6 Å². The minimum Gasteiger partial charge on any atom is -0.392 e. The molecule has 0 saturated carbocycles. The Morgan fingerprint density at radius 2 is 2.10 bits per heavy atom. The number of nitro benzene ring substituents is 1. The van der Waals surface area contributed by atoms with E-state index in [1.165, 1.54) is 0 Å². The predicted molar refractivity (Wildman–Crippen MR) is 73.9 cm³/mol. The summed E-state index contributed by atoms with van der Waals surface area (Å²) in [4.78, 5) is 22.0. The van der Waals surface area contributed by atoms with Crippen LogP contribution in [0.2, 0.25) is 0 Å². The monoisotopic (exact) mass is 283 g/mol. The standard InChI is InChI=1S/C13H18FN3O3/c1-4-7(2)8(3)16-13(18)11-9(14)5-6-10(12(11)15)17(19)20/h5-8H,4,15H2,1-3H3,(H,16,18). The van der Waals surface area contributed by atoms with Crippen LogP contribution in [0.1, 0.15) is 37.6 Å². The first-order chi connectivity index (χ1) is 9.29. The van der Waals surface area contributed by atoms with Gasteiger partial charge in [-0.1, -0.05) is 20.3 Å². The van der Waals surface area contributed by atoms with E-state index in [2.05, 4.69) is 5.32 Å². The van der Waals surface area contributed by atoms with Crippen LogP contribution in [0.15, 0.2) is 12.1 Å². The molecule has 2 atom stereocenters. The summed E-state index contributed by atoms with van der Waals surface area (Å²) < 4.78 is 13.7. The smallest absolute Gasteiger partial charge is 0.293 e. The second-order valence-electron chi connectivity index (χ2n) is 4.76. The summed E-state index contributed by atoms with van der Waals surface area (Å²) >= 11 is 0. The van der Waals surface area contributed by atoms with Crippen LogP contribution < -0.4 is 11.1 Å². The highest BCUT2D eigenvalue weighted by molar-refractivity contribution is 6.01. The second-order valence-corrected chi connectivity index (χ2v) is 4.76. The first-order valence-electron chi connectivity index (χ1n) is 6.32. The van der Waals surface area contributed by atoms with Gasteiger partial charge < -0.3 is 11.1 Å². The SMILES string of the molecule is CCC(C)C(C)NC(=O)c1c(F)ccc([N+](=O)[O-])c1N. The summed E-state index contributed by atoms with van der Waals surface area (Å²) in [6.45, 7) is 5.70. The number of benzene rings is 1. The summed E-state index contributed by atoms with van der Waals surface area (Å²) in [5, 5.41) is 13.4. The number of nitrogens with one attached hydrogen (secondary N) is 1. The van der Waals surface area contributed by atoms with Gasteiger partial charge in [0.1, 0.15) is 17.1 Å². The first kappa shape index (κ1) is 15.9. The Balaban J connectivity index is 3.10. The molecule has 0 aliphatic heterocycles. The lowest BCUT2D eigenvalue weighted by atomic mass is 10.00. The van der Waals surface area contributed by atoms with Crippen LogP contribution in [0.4, 0.5) is 15.8 Å². The molecule has 0 bridgehead atoms. The molecule has 0 fully saturated rings. The predicted octanol–water partition coefficient (Wildman–Crippen LogP) is 2.48. The molecule has 1 rings (SSSR count). The summed E-state index contributed by atoms with van der Waals surface area (Å²) in [5.74, 6) is -1.42. The molecule has 0 aliphatic carbocycles. The zero-order valence-electron chi connectivity index (χ0n) is 11.6. The van der Waals surface area contributed by atoms with Gasteiger partial charge in [-0.25, -0.2) is 4.39 Å². The van der Waals surface area contributed by atoms with Crippen molar-refractivity contribution in [3.63, 3.8) is 0 Å². The van der Waals surface area contributed by atoms with Crippen molar-refractivity contribution in [2.75, 3.05) is 5.73 Å². The molecule has 0 aliphatic rings. The highest BCUT2D eigenvalue weighted by atomic mass is 19.1. The van der Waals surface area contributed by atoms with Crippen molar-refractivity contribution in [3.8, 4) is 0 Å². The van der Waals surface area contributed by atoms with Gasteiger partial charge in [0.2, 0.25) is 0 Å². The van der Waals surface area contributed by atoms with Crippen LogP contribution in [0.5, 0.6) is 0 Å². The quantitative estimate of drug-likeness (QED) is 0.492. The number of hydrogen-bond acceptors (Lipinski definition) is 4. The maximum absolute atomic E-state index is 13.7. The number of rotatable bonds is 5. The molecule has 0 aromatic heterocycles. The molecule has 1 amide bonds. The Kier molecular flexibility index (Phi) is 5.01. The van der Waals surface area contributed by atoms with Crippen LogP contribution in [0.25, 0.3) is 0 Å². The third-order valence-electron chi connectivity index (χ3n) is 3.45. The summed E-state index contributed by atoms with van der Waals surface area (Å²) in [5.41, 5.74) is 4.12. The number of nitrogens with zero attached hydrogens (tertiary/aromatic N) is 1. The van der Waals surface area contributed by atoms with E-state index in [1.807, 2.05) is 13.8 Å². The summed E-state index contributed by atoms with van der Waals surface area (Å²) in [6.07, 6.45) is 0.842. The van der Waals surface area contributed by atoms with Crippen molar-refractivity contribution in [1.82, 2.24) is 5.32 Å². The fourth-order valence-electron chi connectivity index (χ4n) is 1.75. The van der Waals surface area contributed by atoms with E-state index in [0.717, 1.165) is 18.6 Å². The van der Waals surface area contributed by atoms with Gasteiger partial charge >= 0.3 is 0 Å². The normalized spacial score (nSPS) is 13.6. The lowest BCUT2D eigenvalue weighted by Crippen LogP contribution is -2.37. The van der Waals surface area contributed by atoms with Crippen molar-refractivity contribution in [1.29, 1.82) is 0 Å². The van der Waals surface area contributed by atoms with E-state index in [9.17, 15) is 19.3 Å². The molecular formula is C13H18FN3O3. The van der Waals surface area contributed by atoms with Gasteiger partial charge in [-0.3, -0.25) is 14.9 Å². The summed E-state index contributed by atoms with van der Waals surface area (Å²) in [7, 11) is 0. The van der Waals surface area contributed by atoms with E-state index in [1.54, 1.807) is 6.92 Å². The van der Waals surface area contributed by atoms with Crippen LogP contribution in [-0.4, -0.2) is 16.9 Å². The number of nitrogens with two attached hydrogens (primary N) is 1. The van der Waals surface area contributed by atoms with Gasteiger partial charge in [-0.05, 0) is 18.9 Å². The number of halogens is 1. The molecule has 110 valence electrons. The molecule has 3 N–H and O–H groups in total. The lowest BCUT2D eigenvalue weighted by Gasteiger charge is -2.20. The van der Waals surface area contributed by atoms with Crippen LogP contribution in [0, 0.1) is 21.8 Å². The van der Waals surface area contributed by atoms with Crippen molar-refractivity contribution >= 4 is 17.3 Å². The van der Waals surface area contributed by atoms with E-state index in [0.29, 0.717) is 0 Å². The zero-order chi connectivity index (χ0) is 15.4. The Bertz CT molecular complexity index is 534. The molecule has 1 aromatic rings. The van der Waals surface area contributed by atoms with Crippen LogP contribution in [-0.2, 0) is 0 Å². The van der Waals surface area contributed by atoms with E-state index in [4.69, 9.17) is 5.73 Å². The van der Waals surface area contributed by atoms with Gasteiger partial charge in [0.05, 0.1) is 4.92 Å². The number of carbonyl (C=O) groups excluding carboxylic acids is 1. The van der Waals surface area contributed by atoms with Gasteiger partial charge in [-0.15, -0.1) is 0 Å². The van der Waals surface area contributed by atoms with E-state index in [-0.39, 0.29) is 12.0 Å². The zero-order valence-corrected chi connectivity index (χ0v) is 11.6. The molecule has 2 unspecified atom stereocenters. The lowest BCUT2D eigenvalue weighted by molar-refractivity contribution is -0.384. The number of amides is 1. The van der Waals surface area contributed by atoms with E-state index >= 15 is 0 Å². The van der Waals surface area contributed by atoms with Crippen LogP contribution >= 0.6 is 0 Å². The van der Waals surface area contributed by atoms with Crippen LogP contribution in [0.3, 0.4) is 0 Å². The number of nitro groups is 1. The molecule has 0 heterocycles. The first-order valence-corrected chi connectivity index (χ1v) is 6.32. The molecule has 1 aromatic carbocycles. The largest absolute Gasteiger partial charge is 0.392 e. The molecule has 0 saturated heterocycles. The number of carbonyl (C=O) groups is 1. The van der Waals surface area contributed by atoms with Crippen molar-refractivity contribution < 1.29 is 14.1 Å². The topological polar surface area (TPSA) is 98.3 Å². The number of hydrogen-bond donors (Lipinski definition) is 2. The number of anilines is 1. The third kappa shape index (κ3) is 3.23. The molecule has 0 spiro atoms. The molecule has 6 nitrogen and oxygen atoms in total. The minimum atomic E-state index is -0.873. The minimum absolute atomic E-state index is 0.189. The average molecular weight is 283 g/mol. The van der Waals surface area contributed by atoms with E-state index < -0.39 is 33.6 Å². The maximum atomic E-state index is 13.7. The third-order valence-corrected chi connectivity index (χ3v) is 3.45. The summed E-state index contributed by atoms with van der Waals surface area (Å²) in [6, 6.07) is 1.63. The van der Waals surface area contributed by atoms with Gasteiger partial charge in [0.15, 0.2) is 0 Å². The molecule has 0 radical (unpaired) electrons. The Morgan fingerprint density at radius 1 is 1.50 bits per heavy atom. The Morgan fingerprint density at radius 3 is 2.60 bits per heavy atom. The molecule has 20 heavy (non-hydrogen) atoms. The Hall–Kier alpha value is -2.18. The van der Waals surface area contributed by atoms with Gasteiger partial charge in [-0.2, -0.15) is 0 Å². The van der Waals surface area contributed by atoms with Gasteiger partial charge in [0, 0.05) is 12.1 Å². The maximum Gasteiger partial charge on any atom is 0.293 e. The highest BCUT2D eigenvalue weighted by Crippen LogP contribution is 2.27. The van der Waals surface area contributed by atoms with Crippen molar-refractivity contribution in [3.05, 3.63) is 33.6 Å². The fourth-order valence-corrected chi connectivity index (χ4v) is 1.75. The second kappa shape index (κ2) is 6.31. The average Bonchev–Trinajstić information content (AvgIpc) is 2.37. The van der Waals surface area contributed by atoms with Crippen molar-refractivity contribution in [2.24, 2.45) is 5.92 Å². The molecular weight excluding hydrogens is 265 g/mol. The molecule has 7 heteroatoms. The fraction of sp³-hybridized carbons (Fsp3) is 0.462. The number of nitrogen functional groups attached to an aromatic ring is 1. The van der Waals surface area contributed by atoms with Crippen molar-refractivity contribution in [2.45, 2.75) is 33.2 Å². The Labute approximate surface area is 116 Å².